The average Bonchev–Trinajstić information content (AvgIpc) is 2.46. The fourth-order valence-corrected chi connectivity index (χ4v) is 3.04. The van der Waals surface area contributed by atoms with Crippen LogP contribution in [0.25, 0.3) is 0 Å². The molecular weight excluding hydrogens is 292 g/mol. The molecule has 0 saturated carbocycles. The number of carbonyl (C=O) groups excluding carboxylic acids is 1. The van der Waals surface area contributed by atoms with E-state index in [2.05, 4.69) is 9.46 Å². The SMILES string of the molecule is COC(=O)c1ccccc1S(=O)(=O)Nc1cccc(N)c1. The number of nitrogen functional groups attached to an aromatic ring is 1. The number of sulfonamides is 1. The highest BCUT2D eigenvalue weighted by atomic mass is 32.2. The number of hydrogen-bond acceptors (Lipinski definition) is 5. The minimum Gasteiger partial charge on any atom is -0.465 e. The van der Waals surface area contributed by atoms with E-state index in [4.69, 9.17) is 5.73 Å². The molecule has 0 heterocycles. The van der Waals surface area contributed by atoms with Gasteiger partial charge in [-0.3, -0.25) is 4.72 Å². The van der Waals surface area contributed by atoms with E-state index in [1.54, 1.807) is 24.3 Å². The fourth-order valence-electron chi connectivity index (χ4n) is 1.79. The molecule has 0 spiro atoms. The molecule has 6 nitrogen and oxygen atoms in total. The van der Waals surface area contributed by atoms with Crippen LogP contribution >= 0.6 is 0 Å². The second-order valence-corrected chi connectivity index (χ2v) is 5.87. The highest BCUT2D eigenvalue weighted by Crippen LogP contribution is 2.21. The molecule has 0 bridgehead atoms. The number of esters is 1. The van der Waals surface area contributed by atoms with Crippen LogP contribution in [-0.2, 0) is 14.8 Å². The molecule has 0 aliphatic rings. The smallest absolute Gasteiger partial charge is 0.339 e. The Balaban J connectivity index is 2.43. The van der Waals surface area contributed by atoms with E-state index in [0.29, 0.717) is 11.4 Å². The molecule has 2 aromatic rings. The Morgan fingerprint density at radius 1 is 1.14 bits per heavy atom. The summed E-state index contributed by atoms with van der Waals surface area (Å²) in [5, 5.41) is 0. The average molecular weight is 306 g/mol. The highest BCUT2D eigenvalue weighted by molar-refractivity contribution is 7.92. The molecule has 0 unspecified atom stereocenters. The number of rotatable bonds is 4. The Kier molecular flexibility index (Phi) is 4.13. The summed E-state index contributed by atoms with van der Waals surface area (Å²) in [6, 6.07) is 12.1. The Morgan fingerprint density at radius 3 is 2.52 bits per heavy atom. The normalized spacial score (nSPS) is 10.9. The van der Waals surface area contributed by atoms with Gasteiger partial charge in [0.25, 0.3) is 10.0 Å². The Labute approximate surface area is 122 Å². The maximum Gasteiger partial charge on any atom is 0.339 e. The van der Waals surface area contributed by atoms with Gasteiger partial charge in [-0.15, -0.1) is 0 Å². The molecule has 0 aliphatic heterocycles. The number of anilines is 2. The first kappa shape index (κ1) is 14.9. The summed E-state index contributed by atoms with van der Waals surface area (Å²) < 4.78 is 31.8. The van der Waals surface area contributed by atoms with Crippen molar-refractivity contribution < 1.29 is 17.9 Å². The zero-order chi connectivity index (χ0) is 15.5. The number of benzene rings is 2. The van der Waals surface area contributed by atoms with Crippen molar-refractivity contribution in [3.8, 4) is 0 Å². The van der Waals surface area contributed by atoms with Crippen LogP contribution in [0.5, 0.6) is 0 Å². The van der Waals surface area contributed by atoms with Crippen LogP contribution in [0.2, 0.25) is 0 Å². The topological polar surface area (TPSA) is 98.5 Å². The quantitative estimate of drug-likeness (QED) is 0.663. The van der Waals surface area contributed by atoms with Gasteiger partial charge >= 0.3 is 5.97 Å². The minimum atomic E-state index is -3.92. The Bertz CT molecular complexity index is 772. The Hall–Kier alpha value is -2.54. The van der Waals surface area contributed by atoms with Crippen molar-refractivity contribution in [2.75, 3.05) is 17.6 Å². The van der Waals surface area contributed by atoms with Crippen LogP contribution in [0.3, 0.4) is 0 Å². The number of carbonyl (C=O) groups is 1. The third-order valence-corrected chi connectivity index (χ3v) is 4.16. The van der Waals surface area contributed by atoms with Gasteiger partial charge in [0.15, 0.2) is 0 Å². The van der Waals surface area contributed by atoms with Crippen molar-refractivity contribution in [3.05, 3.63) is 54.1 Å². The molecule has 0 fully saturated rings. The first-order chi connectivity index (χ1) is 9.94. The first-order valence-corrected chi connectivity index (χ1v) is 7.48. The molecule has 2 rings (SSSR count). The predicted molar refractivity (Wildman–Crippen MR) is 79.4 cm³/mol. The summed E-state index contributed by atoms with van der Waals surface area (Å²) in [6.07, 6.45) is 0. The van der Waals surface area contributed by atoms with Crippen molar-refractivity contribution in [2.24, 2.45) is 0 Å². The van der Waals surface area contributed by atoms with Crippen LogP contribution in [0, 0.1) is 0 Å². The van der Waals surface area contributed by atoms with Crippen LogP contribution < -0.4 is 10.5 Å². The molecule has 21 heavy (non-hydrogen) atoms. The lowest BCUT2D eigenvalue weighted by Crippen LogP contribution is -2.17. The molecule has 0 radical (unpaired) electrons. The van der Waals surface area contributed by atoms with E-state index < -0.39 is 16.0 Å². The number of methoxy groups -OCH3 is 1. The summed E-state index contributed by atoms with van der Waals surface area (Å²) in [5.41, 5.74) is 6.32. The van der Waals surface area contributed by atoms with Gasteiger partial charge in [0.1, 0.15) is 4.90 Å². The first-order valence-electron chi connectivity index (χ1n) is 6.00. The van der Waals surface area contributed by atoms with Gasteiger partial charge < -0.3 is 10.5 Å². The maximum absolute atomic E-state index is 12.4. The van der Waals surface area contributed by atoms with Crippen molar-refractivity contribution in [2.45, 2.75) is 4.90 Å². The zero-order valence-corrected chi connectivity index (χ0v) is 12.1. The summed E-state index contributed by atoms with van der Waals surface area (Å²) in [7, 11) is -2.73. The number of ether oxygens (including phenoxy) is 1. The van der Waals surface area contributed by atoms with Crippen LogP contribution in [0.15, 0.2) is 53.4 Å². The predicted octanol–water partition coefficient (Wildman–Crippen LogP) is 1.86. The molecule has 7 heteroatoms. The van der Waals surface area contributed by atoms with E-state index in [9.17, 15) is 13.2 Å². The van der Waals surface area contributed by atoms with Gasteiger partial charge in [-0.25, -0.2) is 13.2 Å². The molecule has 0 amide bonds. The highest BCUT2D eigenvalue weighted by Gasteiger charge is 2.22. The van der Waals surface area contributed by atoms with E-state index >= 15 is 0 Å². The van der Waals surface area contributed by atoms with Crippen molar-refractivity contribution in [3.63, 3.8) is 0 Å². The molecular formula is C14H14N2O4S. The number of nitrogens with two attached hydrogens (primary N) is 1. The van der Waals surface area contributed by atoms with Gasteiger partial charge in [0.2, 0.25) is 0 Å². The monoisotopic (exact) mass is 306 g/mol. The van der Waals surface area contributed by atoms with E-state index in [0.717, 1.165) is 0 Å². The number of nitrogens with one attached hydrogen (secondary N) is 1. The molecule has 3 N–H and O–H groups in total. The second-order valence-electron chi connectivity index (χ2n) is 4.22. The third kappa shape index (κ3) is 3.32. The molecule has 0 aromatic heterocycles. The Morgan fingerprint density at radius 2 is 1.86 bits per heavy atom. The van der Waals surface area contributed by atoms with Crippen molar-refractivity contribution >= 4 is 27.4 Å². The molecule has 0 aliphatic carbocycles. The maximum atomic E-state index is 12.4. The molecule has 2 aromatic carbocycles. The van der Waals surface area contributed by atoms with Crippen molar-refractivity contribution in [1.29, 1.82) is 0 Å². The van der Waals surface area contributed by atoms with Gasteiger partial charge in [-0.05, 0) is 30.3 Å². The van der Waals surface area contributed by atoms with Crippen LogP contribution in [0.4, 0.5) is 11.4 Å². The third-order valence-electron chi connectivity index (χ3n) is 2.72. The molecule has 0 atom stereocenters. The van der Waals surface area contributed by atoms with Crippen LogP contribution in [0.1, 0.15) is 10.4 Å². The standard InChI is InChI=1S/C14H14N2O4S/c1-20-14(17)12-7-2-3-8-13(12)21(18,19)16-11-6-4-5-10(15)9-11/h2-9,16H,15H2,1H3. The van der Waals surface area contributed by atoms with Gasteiger partial charge in [0.05, 0.1) is 18.4 Å². The summed E-state index contributed by atoms with van der Waals surface area (Å²) in [4.78, 5) is 11.5. The largest absolute Gasteiger partial charge is 0.465 e. The van der Waals surface area contributed by atoms with E-state index in [1.807, 2.05) is 0 Å². The summed E-state index contributed by atoms with van der Waals surface area (Å²) in [5.74, 6) is -0.719. The summed E-state index contributed by atoms with van der Waals surface area (Å²) in [6.45, 7) is 0. The van der Waals surface area contributed by atoms with E-state index in [-0.39, 0.29) is 10.5 Å². The zero-order valence-electron chi connectivity index (χ0n) is 11.2. The minimum absolute atomic E-state index is 0.0311. The van der Waals surface area contributed by atoms with Crippen LogP contribution in [-0.4, -0.2) is 21.5 Å². The fraction of sp³-hybridized carbons (Fsp3) is 0.0714. The van der Waals surface area contributed by atoms with Crippen molar-refractivity contribution in [1.82, 2.24) is 0 Å². The lowest BCUT2D eigenvalue weighted by Gasteiger charge is -2.11. The molecule has 110 valence electrons. The molecule has 0 saturated heterocycles. The van der Waals surface area contributed by atoms with E-state index in [1.165, 1.54) is 31.4 Å². The number of hydrogen-bond donors (Lipinski definition) is 2. The lowest BCUT2D eigenvalue weighted by atomic mass is 10.2. The van der Waals surface area contributed by atoms with Gasteiger partial charge in [-0.1, -0.05) is 18.2 Å². The van der Waals surface area contributed by atoms with Gasteiger partial charge in [-0.2, -0.15) is 0 Å². The second kappa shape index (κ2) is 5.84. The lowest BCUT2D eigenvalue weighted by molar-refractivity contribution is 0.0596. The summed E-state index contributed by atoms with van der Waals surface area (Å²) >= 11 is 0. The van der Waals surface area contributed by atoms with Gasteiger partial charge in [0, 0.05) is 5.69 Å².